The molecule has 2 aromatic carbocycles. The van der Waals surface area contributed by atoms with Gasteiger partial charge >= 0.3 is 0 Å². The Morgan fingerprint density at radius 3 is 1.50 bits per heavy atom. The van der Waals surface area contributed by atoms with Crippen molar-refractivity contribution in [3.63, 3.8) is 0 Å². The third-order valence-corrected chi connectivity index (χ3v) is 2.97. The van der Waals surface area contributed by atoms with E-state index in [2.05, 4.69) is 12.1 Å². The van der Waals surface area contributed by atoms with Crippen LogP contribution in [0.15, 0.2) is 36.4 Å². The van der Waals surface area contributed by atoms with Crippen LogP contribution in [0.25, 0.3) is 10.8 Å². The lowest BCUT2D eigenvalue weighted by Crippen LogP contribution is -1.85. The molecule has 2 rings (SSSR count). The van der Waals surface area contributed by atoms with Gasteiger partial charge in [-0.1, -0.05) is 36.4 Å². The highest BCUT2D eigenvalue weighted by atomic mass is 35.5. The molecule has 0 bridgehead atoms. The van der Waals surface area contributed by atoms with Crippen molar-refractivity contribution in [3.8, 4) is 0 Å². The first-order chi connectivity index (χ1) is 6.86. The molecule has 0 N–H and O–H groups in total. The van der Waals surface area contributed by atoms with Crippen LogP contribution in [0, 0.1) is 0 Å². The van der Waals surface area contributed by atoms with Gasteiger partial charge in [0.15, 0.2) is 0 Å². The Labute approximate surface area is 93.4 Å². The smallest absolute Gasteiger partial charge is 0.0480 e. The van der Waals surface area contributed by atoms with Crippen LogP contribution in [-0.4, -0.2) is 0 Å². The minimum Gasteiger partial charge on any atom is -0.122 e. The van der Waals surface area contributed by atoms with Gasteiger partial charge in [0.25, 0.3) is 0 Å². The van der Waals surface area contributed by atoms with E-state index in [9.17, 15) is 0 Å². The van der Waals surface area contributed by atoms with Crippen LogP contribution >= 0.6 is 23.2 Å². The van der Waals surface area contributed by atoms with E-state index < -0.39 is 0 Å². The van der Waals surface area contributed by atoms with Crippen molar-refractivity contribution in [2.75, 3.05) is 0 Å². The van der Waals surface area contributed by atoms with Crippen LogP contribution in [0.5, 0.6) is 0 Å². The molecule has 0 heterocycles. The van der Waals surface area contributed by atoms with Gasteiger partial charge in [0.05, 0.1) is 0 Å². The van der Waals surface area contributed by atoms with Crippen LogP contribution in [-0.2, 0) is 11.8 Å². The van der Waals surface area contributed by atoms with E-state index in [-0.39, 0.29) is 0 Å². The first-order valence-corrected chi connectivity index (χ1v) is 5.55. The van der Waals surface area contributed by atoms with Crippen molar-refractivity contribution < 1.29 is 0 Å². The van der Waals surface area contributed by atoms with E-state index in [1.54, 1.807) is 0 Å². The van der Waals surface area contributed by atoms with E-state index in [0.29, 0.717) is 11.8 Å². The molecule has 0 aliphatic carbocycles. The maximum absolute atomic E-state index is 5.87. The zero-order valence-electron chi connectivity index (χ0n) is 7.63. The fraction of sp³-hybridized carbons (Fsp3) is 0.167. The molecule has 2 aromatic rings. The van der Waals surface area contributed by atoms with Crippen LogP contribution < -0.4 is 0 Å². The van der Waals surface area contributed by atoms with Gasteiger partial charge in [0.1, 0.15) is 0 Å². The minimum absolute atomic E-state index is 0.545. The predicted molar refractivity (Wildman–Crippen MR) is 63.1 cm³/mol. The molecule has 0 aliphatic rings. The van der Waals surface area contributed by atoms with Crippen LogP contribution in [0.3, 0.4) is 0 Å². The lowest BCUT2D eigenvalue weighted by atomic mass is 10.0. The molecule has 0 aliphatic heterocycles. The Balaban J connectivity index is 2.77. The summed E-state index contributed by atoms with van der Waals surface area (Å²) >= 11 is 11.7. The van der Waals surface area contributed by atoms with Crippen molar-refractivity contribution in [1.29, 1.82) is 0 Å². The number of alkyl halides is 2. The summed E-state index contributed by atoms with van der Waals surface area (Å²) in [6, 6.07) is 12.3. The monoisotopic (exact) mass is 224 g/mol. The number of hydrogen-bond acceptors (Lipinski definition) is 0. The molecule has 2 heteroatoms. The second-order valence-corrected chi connectivity index (χ2v) is 3.73. The van der Waals surface area contributed by atoms with Crippen molar-refractivity contribution in [2.24, 2.45) is 0 Å². The summed E-state index contributed by atoms with van der Waals surface area (Å²) in [4.78, 5) is 0. The second kappa shape index (κ2) is 4.20. The Bertz CT molecular complexity index is 406. The highest BCUT2D eigenvalue weighted by molar-refractivity contribution is 6.19. The minimum atomic E-state index is 0.545. The Hall–Kier alpha value is -0.720. The molecule has 0 radical (unpaired) electrons. The molecule has 0 spiro atoms. The molecule has 0 amide bonds. The van der Waals surface area contributed by atoms with Gasteiger partial charge in [0.2, 0.25) is 0 Å². The summed E-state index contributed by atoms with van der Waals surface area (Å²) in [5.41, 5.74) is 2.33. The van der Waals surface area contributed by atoms with Gasteiger partial charge in [0, 0.05) is 11.8 Å². The molecule has 0 atom stereocenters. The van der Waals surface area contributed by atoms with Gasteiger partial charge in [-0.25, -0.2) is 0 Å². The molecule has 0 unspecified atom stereocenters. The molecular formula is C12H10Cl2. The number of fused-ring (bicyclic) bond motifs is 1. The fourth-order valence-corrected chi connectivity index (χ4v) is 2.14. The first-order valence-electron chi connectivity index (χ1n) is 4.48. The van der Waals surface area contributed by atoms with Crippen molar-refractivity contribution in [3.05, 3.63) is 47.5 Å². The first kappa shape index (κ1) is 9.82. The lowest BCUT2D eigenvalue weighted by Gasteiger charge is -2.06. The summed E-state index contributed by atoms with van der Waals surface area (Å²) in [5, 5.41) is 2.42. The number of benzene rings is 2. The number of rotatable bonds is 2. The maximum atomic E-state index is 5.87. The Morgan fingerprint density at radius 1 is 0.714 bits per heavy atom. The predicted octanol–water partition coefficient (Wildman–Crippen LogP) is 4.32. The fourth-order valence-electron chi connectivity index (χ4n) is 1.67. The summed E-state index contributed by atoms with van der Waals surface area (Å²) in [7, 11) is 0. The average molecular weight is 225 g/mol. The van der Waals surface area contributed by atoms with Crippen LogP contribution in [0.2, 0.25) is 0 Å². The summed E-state index contributed by atoms with van der Waals surface area (Å²) in [6.07, 6.45) is 0. The van der Waals surface area contributed by atoms with E-state index in [1.165, 1.54) is 10.8 Å². The van der Waals surface area contributed by atoms with Gasteiger partial charge < -0.3 is 0 Å². The van der Waals surface area contributed by atoms with Crippen molar-refractivity contribution in [1.82, 2.24) is 0 Å². The Kier molecular flexibility index (Phi) is 2.95. The van der Waals surface area contributed by atoms with E-state index in [1.807, 2.05) is 24.3 Å². The molecule has 0 saturated carbocycles. The summed E-state index contributed by atoms with van der Waals surface area (Å²) < 4.78 is 0. The summed E-state index contributed by atoms with van der Waals surface area (Å²) in [5.74, 6) is 1.09. The third kappa shape index (κ3) is 1.60. The summed E-state index contributed by atoms with van der Waals surface area (Å²) in [6.45, 7) is 0. The molecule has 0 fully saturated rings. The molecule has 14 heavy (non-hydrogen) atoms. The quantitative estimate of drug-likeness (QED) is 0.667. The highest BCUT2D eigenvalue weighted by Crippen LogP contribution is 2.24. The van der Waals surface area contributed by atoms with E-state index >= 15 is 0 Å². The van der Waals surface area contributed by atoms with Crippen LogP contribution in [0.1, 0.15) is 11.1 Å². The standard InChI is InChI=1S/C12H10Cl2/c13-7-9-3-1-5-11-10(8-14)4-2-6-12(9)11/h1-6H,7-8H2. The molecule has 0 nitrogen and oxygen atoms in total. The van der Waals surface area contributed by atoms with Crippen molar-refractivity contribution >= 4 is 34.0 Å². The van der Waals surface area contributed by atoms with Gasteiger partial charge in [-0.2, -0.15) is 0 Å². The molecule has 0 saturated heterocycles. The third-order valence-electron chi connectivity index (χ3n) is 2.39. The SMILES string of the molecule is ClCc1cccc2c(CCl)cccc12. The normalized spacial score (nSPS) is 10.7. The Morgan fingerprint density at radius 2 is 1.14 bits per heavy atom. The topological polar surface area (TPSA) is 0 Å². The maximum Gasteiger partial charge on any atom is 0.0480 e. The largest absolute Gasteiger partial charge is 0.122 e. The van der Waals surface area contributed by atoms with E-state index in [0.717, 1.165) is 11.1 Å². The number of hydrogen-bond donors (Lipinski definition) is 0. The average Bonchev–Trinajstić information content (AvgIpc) is 2.27. The van der Waals surface area contributed by atoms with Gasteiger partial charge in [-0.05, 0) is 21.9 Å². The zero-order valence-corrected chi connectivity index (χ0v) is 9.15. The number of halogens is 2. The lowest BCUT2D eigenvalue weighted by molar-refractivity contribution is 1.41. The molecular weight excluding hydrogens is 215 g/mol. The second-order valence-electron chi connectivity index (χ2n) is 3.20. The molecule has 72 valence electrons. The van der Waals surface area contributed by atoms with Crippen molar-refractivity contribution in [2.45, 2.75) is 11.8 Å². The van der Waals surface area contributed by atoms with E-state index in [4.69, 9.17) is 23.2 Å². The van der Waals surface area contributed by atoms with Gasteiger partial charge in [-0.3, -0.25) is 0 Å². The van der Waals surface area contributed by atoms with Crippen LogP contribution in [0.4, 0.5) is 0 Å². The zero-order chi connectivity index (χ0) is 9.97. The van der Waals surface area contributed by atoms with Gasteiger partial charge in [-0.15, -0.1) is 23.2 Å². The molecule has 0 aromatic heterocycles. The highest BCUT2D eigenvalue weighted by Gasteiger charge is 2.02.